The van der Waals surface area contributed by atoms with Crippen LogP contribution in [0.2, 0.25) is 0 Å². The van der Waals surface area contributed by atoms with Crippen molar-refractivity contribution >= 4 is 17.6 Å². The van der Waals surface area contributed by atoms with Crippen LogP contribution in [0.3, 0.4) is 0 Å². The molecule has 1 aromatic carbocycles. The summed E-state index contributed by atoms with van der Waals surface area (Å²) in [5.74, 6) is -1.57. The SMILES string of the molecule is [2H]C([2H])([2H])C([2H])([2H])Oc1cc(NC(C)=O)ccc1C(=O)OC. The molecular formula is C12H15NO4. The van der Waals surface area contributed by atoms with Crippen molar-refractivity contribution in [1.29, 1.82) is 0 Å². The molecule has 5 nitrogen and oxygen atoms in total. The number of methoxy groups -OCH3 is 1. The summed E-state index contributed by atoms with van der Waals surface area (Å²) in [5.41, 5.74) is 0.0567. The van der Waals surface area contributed by atoms with E-state index in [-0.39, 0.29) is 17.0 Å². The van der Waals surface area contributed by atoms with Crippen molar-refractivity contribution in [3.05, 3.63) is 23.8 Å². The fourth-order valence-electron chi connectivity index (χ4n) is 1.22. The lowest BCUT2D eigenvalue weighted by molar-refractivity contribution is -0.114. The maximum atomic E-state index is 11.7. The van der Waals surface area contributed by atoms with Crippen LogP contribution >= 0.6 is 0 Å². The molecule has 1 amide bonds. The van der Waals surface area contributed by atoms with Gasteiger partial charge in [-0.25, -0.2) is 4.79 Å². The van der Waals surface area contributed by atoms with Gasteiger partial charge in [0.1, 0.15) is 11.3 Å². The number of anilines is 1. The standard InChI is InChI=1S/C12H15NO4/c1-4-17-11-7-9(13-8(2)14)5-6-10(11)12(15)16-3/h5-7H,4H2,1-3H3,(H,13,14)/i1D3,4D2. The predicted octanol–water partition coefficient (Wildman–Crippen LogP) is 1.83. The Labute approximate surface area is 107 Å². The van der Waals surface area contributed by atoms with Gasteiger partial charge in [-0.3, -0.25) is 4.79 Å². The zero-order valence-corrected chi connectivity index (χ0v) is 9.37. The number of ether oxygens (including phenoxy) is 2. The number of rotatable bonds is 4. The zero-order valence-electron chi connectivity index (χ0n) is 14.4. The minimum atomic E-state index is -3.07. The summed E-state index contributed by atoms with van der Waals surface area (Å²) in [6.07, 6.45) is 0. The molecule has 1 N–H and O–H groups in total. The van der Waals surface area contributed by atoms with Gasteiger partial charge in [0.2, 0.25) is 5.91 Å². The molecule has 0 aliphatic rings. The highest BCUT2D eigenvalue weighted by Gasteiger charge is 2.13. The molecule has 0 atom stereocenters. The summed E-state index contributed by atoms with van der Waals surface area (Å²) >= 11 is 0. The molecule has 0 aromatic heterocycles. The van der Waals surface area contributed by atoms with Crippen LogP contribution < -0.4 is 10.1 Å². The molecular weight excluding hydrogens is 222 g/mol. The molecule has 0 fully saturated rings. The number of nitrogens with one attached hydrogen (secondary N) is 1. The number of amides is 1. The molecule has 0 saturated heterocycles. The number of esters is 1. The Kier molecular flexibility index (Phi) is 2.53. The smallest absolute Gasteiger partial charge is 0.341 e. The van der Waals surface area contributed by atoms with E-state index in [1.54, 1.807) is 0 Å². The highest BCUT2D eigenvalue weighted by atomic mass is 16.5. The maximum absolute atomic E-state index is 11.7. The third kappa shape index (κ3) is 3.48. The van der Waals surface area contributed by atoms with Crippen molar-refractivity contribution in [1.82, 2.24) is 0 Å². The molecule has 5 heteroatoms. The van der Waals surface area contributed by atoms with Gasteiger partial charge in [0, 0.05) is 22.8 Å². The third-order valence-electron chi connectivity index (χ3n) is 1.87. The molecule has 17 heavy (non-hydrogen) atoms. The minimum absolute atomic E-state index is 0.162. The average molecular weight is 242 g/mol. The Bertz CT molecular complexity index is 585. The molecule has 0 bridgehead atoms. The second kappa shape index (κ2) is 5.89. The minimum Gasteiger partial charge on any atom is -0.493 e. The number of carbonyl (C=O) groups is 2. The Hall–Kier alpha value is -2.04. The second-order valence-electron chi connectivity index (χ2n) is 3.09. The lowest BCUT2D eigenvalue weighted by Gasteiger charge is -2.10. The van der Waals surface area contributed by atoms with Gasteiger partial charge in [0.25, 0.3) is 0 Å². The van der Waals surface area contributed by atoms with Crippen molar-refractivity contribution in [3.8, 4) is 5.75 Å². The van der Waals surface area contributed by atoms with E-state index >= 15 is 0 Å². The van der Waals surface area contributed by atoms with E-state index in [9.17, 15) is 9.59 Å². The topological polar surface area (TPSA) is 64.6 Å². The first-order chi connectivity index (χ1) is 9.98. The molecule has 92 valence electrons. The number of hydrogen-bond donors (Lipinski definition) is 1. The lowest BCUT2D eigenvalue weighted by Crippen LogP contribution is -2.09. The van der Waals surface area contributed by atoms with Crippen molar-refractivity contribution < 1.29 is 25.9 Å². The van der Waals surface area contributed by atoms with Crippen molar-refractivity contribution in [2.45, 2.75) is 13.8 Å². The van der Waals surface area contributed by atoms with Crippen LogP contribution in [0.4, 0.5) is 5.69 Å². The zero-order chi connectivity index (χ0) is 17.1. The number of hydrogen-bond acceptors (Lipinski definition) is 4. The van der Waals surface area contributed by atoms with Crippen LogP contribution in [0.25, 0.3) is 0 Å². The fourth-order valence-corrected chi connectivity index (χ4v) is 1.22. The molecule has 0 saturated carbocycles. The number of carbonyl (C=O) groups excluding carboxylic acids is 2. The Morgan fingerprint density at radius 3 is 2.88 bits per heavy atom. The van der Waals surface area contributed by atoms with Crippen LogP contribution in [0.1, 0.15) is 31.0 Å². The third-order valence-corrected chi connectivity index (χ3v) is 1.87. The average Bonchev–Trinajstić information content (AvgIpc) is 2.35. The molecule has 0 unspecified atom stereocenters. The van der Waals surface area contributed by atoms with Crippen LogP contribution in [0.15, 0.2) is 18.2 Å². The summed E-state index contributed by atoms with van der Waals surface area (Å²) in [5, 5.41) is 2.42. The van der Waals surface area contributed by atoms with Crippen LogP contribution in [-0.4, -0.2) is 25.5 Å². The fraction of sp³-hybridized carbons (Fsp3) is 0.333. The Morgan fingerprint density at radius 2 is 2.29 bits per heavy atom. The van der Waals surface area contributed by atoms with E-state index in [1.165, 1.54) is 19.1 Å². The van der Waals surface area contributed by atoms with Crippen LogP contribution in [-0.2, 0) is 9.53 Å². The Balaban J connectivity index is 3.28. The van der Waals surface area contributed by atoms with Gasteiger partial charge >= 0.3 is 5.97 Å². The summed E-state index contributed by atoms with van der Waals surface area (Å²) in [7, 11) is 1.12. The molecule has 1 aromatic rings. The van der Waals surface area contributed by atoms with Gasteiger partial charge in [0.05, 0.1) is 16.4 Å². The largest absolute Gasteiger partial charge is 0.493 e. The van der Waals surface area contributed by atoms with Gasteiger partial charge in [-0.1, -0.05) is 0 Å². The van der Waals surface area contributed by atoms with Crippen molar-refractivity contribution in [2.75, 3.05) is 19.0 Å². The normalized spacial score (nSPS) is 15.5. The molecule has 0 spiro atoms. The van der Waals surface area contributed by atoms with Crippen molar-refractivity contribution in [3.63, 3.8) is 0 Å². The summed E-state index contributed by atoms with van der Waals surface area (Å²) in [6.45, 7) is -4.83. The molecule has 1 rings (SSSR count). The highest BCUT2D eigenvalue weighted by Crippen LogP contribution is 2.24. The van der Waals surface area contributed by atoms with E-state index in [0.29, 0.717) is 0 Å². The monoisotopic (exact) mass is 242 g/mol. The van der Waals surface area contributed by atoms with Crippen LogP contribution in [0.5, 0.6) is 5.75 Å². The van der Waals surface area contributed by atoms with Crippen molar-refractivity contribution in [2.24, 2.45) is 0 Å². The molecule has 0 aliphatic carbocycles. The molecule has 0 aliphatic heterocycles. The van der Waals surface area contributed by atoms with E-state index < -0.39 is 25.3 Å². The Morgan fingerprint density at radius 1 is 1.53 bits per heavy atom. The molecule has 0 heterocycles. The van der Waals surface area contributed by atoms with Gasteiger partial charge in [-0.15, -0.1) is 0 Å². The van der Waals surface area contributed by atoms with E-state index in [2.05, 4.69) is 10.1 Å². The second-order valence-corrected chi connectivity index (χ2v) is 3.09. The predicted molar refractivity (Wildman–Crippen MR) is 63.3 cm³/mol. The summed E-state index contributed by atoms with van der Waals surface area (Å²) < 4.78 is 45.7. The van der Waals surface area contributed by atoms with Gasteiger partial charge in [-0.2, -0.15) is 0 Å². The number of benzene rings is 1. The van der Waals surface area contributed by atoms with E-state index in [0.717, 1.165) is 13.2 Å². The van der Waals surface area contributed by atoms with Gasteiger partial charge < -0.3 is 14.8 Å². The first-order valence-electron chi connectivity index (χ1n) is 7.17. The highest BCUT2D eigenvalue weighted by molar-refractivity contribution is 5.94. The van der Waals surface area contributed by atoms with Crippen LogP contribution in [0, 0.1) is 0 Å². The lowest BCUT2D eigenvalue weighted by atomic mass is 10.2. The first kappa shape index (κ1) is 7.32. The van der Waals surface area contributed by atoms with E-state index in [1.807, 2.05) is 0 Å². The summed E-state index contributed by atoms with van der Waals surface area (Å²) in [4.78, 5) is 22.7. The maximum Gasteiger partial charge on any atom is 0.341 e. The summed E-state index contributed by atoms with van der Waals surface area (Å²) in [6, 6.07) is 3.77. The van der Waals surface area contributed by atoms with Gasteiger partial charge in [0.15, 0.2) is 0 Å². The van der Waals surface area contributed by atoms with Gasteiger partial charge in [-0.05, 0) is 19.0 Å². The quantitative estimate of drug-likeness (QED) is 0.818. The molecule has 0 radical (unpaired) electrons. The first-order valence-corrected chi connectivity index (χ1v) is 4.67. The van der Waals surface area contributed by atoms with E-state index in [4.69, 9.17) is 11.6 Å².